The summed E-state index contributed by atoms with van der Waals surface area (Å²) in [4.78, 5) is 0. The van der Waals surface area contributed by atoms with Gasteiger partial charge in [-0.1, -0.05) is 47.8 Å². The summed E-state index contributed by atoms with van der Waals surface area (Å²) in [5.74, 6) is 0.487. The smallest absolute Gasteiger partial charge is 0.140 e. The zero-order chi connectivity index (χ0) is 15.2. The Morgan fingerprint density at radius 2 is 2.00 bits per heavy atom. The van der Waals surface area contributed by atoms with Crippen molar-refractivity contribution < 1.29 is 0 Å². The summed E-state index contributed by atoms with van der Waals surface area (Å²) in [5, 5.41) is 13.8. The first-order valence-electron chi connectivity index (χ1n) is 7.15. The fraction of sp³-hybridized carbons (Fsp3) is 0.375. The largest absolute Gasteiger partial charge is 0.383 e. The molecule has 0 amide bonds. The summed E-state index contributed by atoms with van der Waals surface area (Å²) in [5.41, 5.74) is 8.43. The number of hydrogen-bond donors (Lipinski definition) is 1. The van der Waals surface area contributed by atoms with E-state index in [0.717, 1.165) is 41.5 Å². The van der Waals surface area contributed by atoms with E-state index in [4.69, 9.17) is 5.73 Å². The molecule has 0 aliphatic carbocycles. The van der Waals surface area contributed by atoms with Crippen molar-refractivity contribution >= 4 is 21.7 Å². The molecule has 110 valence electrons. The summed E-state index contributed by atoms with van der Waals surface area (Å²) >= 11 is 3.42. The van der Waals surface area contributed by atoms with Gasteiger partial charge in [0.05, 0.1) is 5.69 Å². The molecule has 0 atom stereocenters. The van der Waals surface area contributed by atoms with Crippen molar-refractivity contribution in [3.8, 4) is 6.07 Å². The molecule has 2 aromatic rings. The number of benzene rings is 1. The van der Waals surface area contributed by atoms with Crippen LogP contribution in [0.3, 0.4) is 0 Å². The average molecular weight is 347 g/mol. The number of nitrogen functional groups attached to an aromatic ring is 1. The fourth-order valence-corrected chi connectivity index (χ4v) is 2.51. The predicted molar refractivity (Wildman–Crippen MR) is 87.8 cm³/mol. The Morgan fingerprint density at radius 1 is 1.29 bits per heavy atom. The molecule has 0 spiro atoms. The van der Waals surface area contributed by atoms with E-state index < -0.39 is 0 Å². The van der Waals surface area contributed by atoms with E-state index in [1.165, 1.54) is 0 Å². The highest BCUT2D eigenvalue weighted by atomic mass is 79.9. The number of unbranched alkanes of at least 4 members (excludes halogenated alkanes) is 2. The van der Waals surface area contributed by atoms with Crippen LogP contribution in [0.4, 0.5) is 5.82 Å². The summed E-state index contributed by atoms with van der Waals surface area (Å²) in [6.07, 6.45) is 3.95. The normalized spacial score (nSPS) is 10.5. The zero-order valence-electron chi connectivity index (χ0n) is 12.1. The standard InChI is InChI=1S/C16H19BrN4/c1-2-3-4-9-21-16(19)14(11-18)15(20-21)10-12-5-7-13(17)8-6-12/h5-8H,2-4,9-10,19H2,1H3. The van der Waals surface area contributed by atoms with Crippen LogP contribution in [0.25, 0.3) is 0 Å². The minimum Gasteiger partial charge on any atom is -0.383 e. The molecule has 0 saturated heterocycles. The maximum Gasteiger partial charge on any atom is 0.140 e. The zero-order valence-corrected chi connectivity index (χ0v) is 13.7. The molecule has 1 heterocycles. The van der Waals surface area contributed by atoms with Crippen molar-refractivity contribution in [3.05, 3.63) is 45.6 Å². The second-order valence-corrected chi connectivity index (χ2v) is 5.97. The Hall–Kier alpha value is -1.80. The maximum atomic E-state index is 9.32. The monoisotopic (exact) mass is 346 g/mol. The van der Waals surface area contributed by atoms with E-state index >= 15 is 0 Å². The van der Waals surface area contributed by atoms with Crippen molar-refractivity contribution in [1.82, 2.24) is 9.78 Å². The maximum absolute atomic E-state index is 9.32. The molecule has 21 heavy (non-hydrogen) atoms. The molecule has 2 N–H and O–H groups in total. The van der Waals surface area contributed by atoms with Crippen LogP contribution in [-0.2, 0) is 13.0 Å². The number of aryl methyl sites for hydroxylation is 1. The third-order valence-electron chi connectivity index (χ3n) is 3.43. The first-order chi connectivity index (χ1) is 10.2. The van der Waals surface area contributed by atoms with Crippen molar-refractivity contribution in [2.45, 2.75) is 39.2 Å². The predicted octanol–water partition coefficient (Wildman–Crippen LogP) is 3.88. The minimum atomic E-state index is 0.487. The number of anilines is 1. The second kappa shape index (κ2) is 7.28. The SMILES string of the molecule is CCCCCn1nc(Cc2ccc(Br)cc2)c(C#N)c1N. The van der Waals surface area contributed by atoms with Crippen molar-refractivity contribution in [2.24, 2.45) is 0 Å². The van der Waals surface area contributed by atoms with Crippen molar-refractivity contribution in [2.75, 3.05) is 5.73 Å². The number of hydrogen-bond acceptors (Lipinski definition) is 3. The van der Waals surface area contributed by atoms with Crippen LogP contribution >= 0.6 is 15.9 Å². The number of nitriles is 1. The molecule has 2 rings (SSSR count). The molecule has 0 fully saturated rings. The van der Waals surface area contributed by atoms with Gasteiger partial charge in [0, 0.05) is 17.4 Å². The van der Waals surface area contributed by atoms with Crippen LogP contribution in [0.1, 0.15) is 43.0 Å². The van der Waals surface area contributed by atoms with Gasteiger partial charge >= 0.3 is 0 Å². The molecule has 0 radical (unpaired) electrons. The highest BCUT2D eigenvalue weighted by Gasteiger charge is 2.15. The van der Waals surface area contributed by atoms with Crippen LogP contribution in [0.2, 0.25) is 0 Å². The van der Waals surface area contributed by atoms with Crippen LogP contribution in [0.5, 0.6) is 0 Å². The highest BCUT2D eigenvalue weighted by molar-refractivity contribution is 9.10. The van der Waals surface area contributed by atoms with Gasteiger partial charge in [-0.3, -0.25) is 0 Å². The summed E-state index contributed by atoms with van der Waals surface area (Å²) in [6.45, 7) is 2.93. The van der Waals surface area contributed by atoms with Gasteiger partial charge in [0.2, 0.25) is 0 Å². The second-order valence-electron chi connectivity index (χ2n) is 5.05. The molecule has 0 saturated carbocycles. The van der Waals surface area contributed by atoms with Crippen LogP contribution in [0, 0.1) is 11.3 Å². The first-order valence-corrected chi connectivity index (χ1v) is 7.94. The lowest BCUT2D eigenvalue weighted by atomic mass is 10.1. The lowest BCUT2D eigenvalue weighted by Gasteiger charge is -2.02. The van der Waals surface area contributed by atoms with Gasteiger partial charge in [-0.25, -0.2) is 4.68 Å². The van der Waals surface area contributed by atoms with Crippen LogP contribution in [-0.4, -0.2) is 9.78 Å². The molecule has 0 aliphatic rings. The summed E-state index contributed by atoms with van der Waals surface area (Å²) in [6, 6.07) is 10.2. The Kier molecular flexibility index (Phi) is 5.40. The topological polar surface area (TPSA) is 67.6 Å². The van der Waals surface area contributed by atoms with Crippen LogP contribution in [0.15, 0.2) is 28.7 Å². The highest BCUT2D eigenvalue weighted by Crippen LogP contribution is 2.20. The van der Waals surface area contributed by atoms with Crippen molar-refractivity contribution in [3.63, 3.8) is 0 Å². The fourth-order valence-electron chi connectivity index (χ4n) is 2.25. The average Bonchev–Trinajstić information content (AvgIpc) is 2.77. The van der Waals surface area contributed by atoms with Gasteiger partial charge in [-0.2, -0.15) is 10.4 Å². The van der Waals surface area contributed by atoms with E-state index in [0.29, 0.717) is 17.8 Å². The Morgan fingerprint density at radius 3 is 2.62 bits per heavy atom. The number of nitrogens with two attached hydrogens (primary N) is 1. The number of aromatic nitrogens is 2. The molecule has 4 nitrogen and oxygen atoms in total. The third kappa shape index (κ3) is 3.85. The van der Waals surface area contributed by atoms with Gasteiger partial charge < -0.3 is 5.73 Å². The molecular weight excluding hydrogens is 328 g/mol. The molecule has 0 aliphatic heterocycles. The van der Waals surface area contributed by atoms with E-state index in [1.54, 1.807) is 4.68 Å². The van der Waals surface area contributed by atoms with E-state index in [-0.39, 0.29) is 0 Å². The molecule has 1 aromatic carbocycles. The lowest BCUT2D eigenvalue weighted by Crippen LogP contribution is -2.05. The third-order valence-corrected chi connectivity index (χ3v) is 3.96. The van der Waals surface area contributed by atoms with E-state index in [1.807, 2.05) is 24.3 Å². The molecular formula is C16H19BrN4. The number of halogens is 1. The summed E-state index contributed by atoms with van der Waals surface area (Å²) < 4.78 is 2.80. The lowest BCUT2D eigenvalue weighted by molar-refractivity contribution is 0.555. The Labute approximate surface area is 133 Å². The van der Waals surface area contributed by atoms with Crippen LogP contribution < -0.4 is 5.73 Å². The Balaban J connectivity index is 2.20. The molecule has 1 aromatic heterocycles. The minimum absolute atomic E-state index is 0.487. The van der Waals surface area contributed by atoms with E-state index in [2.05, 4.69) is 34.0 Å². The van der Waals surface area contributed by atoms with Gasteiger partial charge in [-0.05, 0) is 24.1 Å². The van der Waals surface area contributed by atoms with Gasteiger partial charge in [0.15, 0.2) is 0 Å². The van der Waals surface area contributed by atoms with Gasteiger partial charge in [0.25, 0.3) is 0 Å². The van der Waals surface area contributed by atoms with Gasteiger partial charge in [-0.15, -0.1) is 0 Å². The molecule has 0 unspecified atom stereocenters. The number of nitrogens with zero attached hydrogens (tertiary/aromatic N) is 3. The van der Waals surface area contributed by atoms with E-state index in [9.17, 15) is 5.26 Å². The van der Waals surface area contributed by atoms with Crippen molar-refractivity contribution in [1.29, 1.82) is 5.26 Å². The number of rotatable bonds is 6. The van der Waals surface area contributed by atoms with Gasteiger partial charge in [0.1, 0.15) is 17.5 Å². The first kappa shape index (κ1) is 15.6. The molecule has 0 bridgehead atoms. The molecule has 5 heteroatoms. The Bertz CT molecular complexity index is 638. The quantitative estimate of drug-likeness (QED) is 0.807. The summed E-state index contributed by atoms with van der Waals surface area (Å²) in [7, 11) is 0.